The van der Waals surface area contributed by atoms with E-state index in [-0.39, 0.29) is 19.1 Å². The Morgan fingerprint density at radius 1 is 1.37 bits per heavy atom. The summed E-state index contributed by atoms with van der Waals surface area (Å²) in [5.74, 6) is 0.429. The molecule has 2 aromatic rings. The van der Waals surface area contributed by atoms with Crippen LogP contribution in [0.25, 0.3) is 0 Å². The van der Waals surface area contributed by atoms with Gasteiger partial charge in [0.05, 0.1) is 17.2 Å². The highest BCUT2D eigenvalue weighted by molar-refractivity contribution is 7.15. The highest BCUT2D eigenvalue weighted by Gasteiger charge is 2.32. The largest absolute Gasteiger partial charge is 0.489 e. The van der Waals surface area contributed by atoms with Crippen LogP contribution in [0, 0.1) is 6.92 Å². The number of amides is 1. The van der Waals surface area contributed by atoms with Crippen LogP contribution in [-0.2, 0) is 16.1 Å². The van der Waals surface area contributed by atoms with Gasteiger partial charge < -0.3 is 14.6 Å². The molecule has 0 saturated carbocycles. The second-order valence-corrected chi connectivity index (χ2v) is 9.03. The third-order valence-electron chi connectivity index (χ3n) is 4.94. The monoisotopic (exact) mass is 454 g/mol. The van der Waals surface area contributed by atoms with Crippen LogP contribution in [0.15, 0.2) is 18.2 Å². The van der Waals surface area contributed by atoms with Crippen molar-refractivity contribution in [3.63, 3.8) is 0 Å². The Morgan fingerprint density at radius 3 is 3.00 bits per heavy atom. The van der Waals surface area contributed by atoms with Gasteiger partial charge in [0.2, 0.25) is 11.0 Å². The summed E-state index contributed by atoms with van der Waals surface area (Å²) in [7, 11) is 1.58. The number of carbonyl (C=O) groups excluding carboxylic acids is 1. The van der Waals surface area contributed by atoms with Crippen LogP contribution in [0.1, 0.15) is 29.8 Å². The number of hydrogen-bond acceptors (Lipinski definition) is 8. The predicted molar refractivity (Wildman–Crippen MR) is 116 cm³/mol. The number of aryl methyl sites for hydroxylation is 1. The average molecular weight is 455 g/mol. The minimum Gasteiger partial charge on any atom is -0.489 e. The van der Waals surface area contributed by atoms with Crippen molar-refractivity contribution in [3.8, 4) is 5.75 Å². The maximum Gasteiger partial charge on any atom is 0.240 e. The summed E-state index contributed by atoms with van der Waals surface area (Å²) in [5, 5.41) is 23.4. The molecule has 1 amide bonds. The van der Waals surface area contributed by atoms with E-state index in [1.807, 2.05) is 24.0 Å². The van der Waals surface area contributed by atoms with Gasteiger partial charge in [-0.3, -0.25) is 15.0 Å². The van der Waals surface area contributed by atoms with Crippen molar-refractivity contribution in [2.24, 2.45) is 0 Å². The Balaban J connectivity index is 1.48. The molecular formula is C20H27ClN4O4S. The molecule has 10 heteroatoms. The Morgan fingerprint density at radius 2 is 2.20 bits per heavy atom. The van der Waals surface area contributed by atoms with Crippen molar-refractivity contribution in [1.82, 2.24) is 15.1 Å². The van der Waals surface area contributed by atoms with Crippen LogP contribution < -0.4 is 10.1 Å². The third kappa shape index (κ3) is 6.61. The number of ether oxygens (including phenoxy) is 2. The number of halogens is 1. The van der Waals surface area contributed by atoms with Crippen molar-refractivity contribution in [2.45, 2.75) is 38.4 Å². The third-order valence-corrected chi connectivity index (χ3v) is 6.07. The van der Waals surface area contributed by atoms with Crippen molar-refractivity contribution in [3.05, 3.63) is 33.8 Å². The Kier molecular flexibility index (Phi) is 8.01. The van der Waals surface area contributed by atoms with Crippen LogP contribution in [0.5, 0.6) is 5.75 Å². The lowest BCUT2D eigenvalue weighted by Gasteiger charge is -2.27. The Bertz CT molecular complexity index is 865. The summed E-state index contributed by atoms with van der Waals surface area (Å²) < 4.78 is 10.8. The number of nitrogens with zero attached hydrogens (tertiary/aromatic N) is 3. The minimum atomic E-state index is -0.952. The zero-order chi connectivity index (χ0) is 21.6. The fraction of sp³-hybridized carbons (Fsp3) is 0.550. The molecule has 1 aromatic heterocycles. The summed E-state index contributed by atoms with van der Waals surface area (Å²) in [6.45, 7) is 4.07. The van der Waals surface area contributed by atoms with E-state index in [1.54, 1.807) is 13.2 Å². The van der Waals surface area contributed by atoms with Gasteiger partial charge >= 0.3 is 0 Å². The Hall–Kier alpha value is -1.78. The lowest BCUT2D eigenvalue weighted by molar-refractivity contribution is -0.117. The number of hydrogen-bond donors (Lipinski definition) is 2. The number of benzene rings is 1. The van der Waals surface area contributed by atoms with Crippen LogP contribution in [-0.4, -0.2) is 65.1 Å². The summed E-state index contributed by atoms with van der Waals surface area (Å²) in [6, 6.07) is 5.57. The number of methoxy groups -OCH3 is 1. The first-order chi connectivity index (χ1) is 14.4. The number of likely N-dealkylation sites (tertiary alicyclic amines) is 1. The van der Waals surface area contributed by atoms with E-state index in [0.29, 0.717) is 46.9 Å². The van der Waals surface area contributed by atoms with Gasteiger partial charge in [0.1, 0.15) is 24.0 Å². The zero-order valence-electron chi connectivity index (χ0n) is 17.2. The Labute approximate surface area is 185 Å². The van der Waals surface area contributed by atoms with Crippen LogP contribution in [0.4, 0.5) is 5.13 Å². The van der Waals surface area contributed by atoms with E-state index in [9.17, 15) is 9.90 Å². The summed E-state index contributed by atoms with van der Waals surface area (Å²) in [4.78, 5) is 14.4. The first-order valence-electron chi connectivity index (χ1n) is 9.82. The molecule has 8 nitrogen and oxygen atoms in total. The molecular weight excluding hydrogens is 428 g/mol. The first kappa shape index (κ1) is 22.9. The standard InChI is InChI=1S/C20H27ClN4O4S/c1-14-4-5-15(21)16(10-14)29-13-20(27)6-3-8-25(9-7-20)11-17(26)22-19-24-23-18(30-19)12-28-2/h4-5,10,27H,3,6-9,11-13H2,1-2H3,(H,22,24,26). The molecule has 0 aliphatic carbocycles. The van der Waals surface area contributed by atoms with Crippen molar-refractivity contribution >= 4 is 34.0 Å². The van der Waals surface area contributed by atoms with E-state index in [0.717, 1.165) is 18.5 Å². The number of aliphatic hydroxyl groups is 1. The maximum absolute atomic E-state index is 12.4. The molecule has 1 saturated heterocycles. The van der Waals surface area contributed by atoms with E-state index in [4.69, 9.17) is 21.1 Å². The normalized spacial score (nSPS) is 20.0. The van der Waals surface area contributed by atoms with Crippen LogP contribution in [0.2, 0.25) is 5.02 Å². The van der Waals surface area contributed by atoms with Gasteiger partial charge in [-0.1, -0.05) is 29.0 Å². The van der Waals surface area contributed by atoms with Gasteiger partial charge in [0.15, 0.2) is 0 Å². The smallest absolute Gasteiger partial charge is 0.240 e. The lowest BCUT2D eigenvalue weighted by atomic mass is 9.96. The fourth-order valence-electron chi connectivity index (χ4n) is 3.32. The highest BCUT2D eigenvalue weighted by Crippen LogP contribution is 2.29. The van der Waals surface area contributed by atoms with Crippen molar-refractivity contribution in [1.29, 1.82) is 0 Å². The first-order valence-corrected chi connectivity index (χ1v) is 11.0. The summed E-state index contributed by atoms with van der Waals surface area (Å²) >= 11 is 7.48. The molecule has 1 unspecified atom stereocenters. The number of aromatic nitrogens is 2. The average Bonchev–Trinajstić information content (AvgIpc) is 3.05. The molecule has 2 N–H and O–H groups in total. The number of nitrogens with one attached hydrogen (secondary N) is 1. The van der Waals surface area contributed by atoms with Gasteiger partial charge in [-0.15, -0.1) is 10.2 Å². The van der Waals surface area contributed by atoms with E-state index < -0.39 is 5.60 Å². The maximum atomic E-state index is 12.4. The van der Waals surface area contributed by atoms with Crippen LogP contribution in [0.3, 0.4) is 0 Å². The quantitative estimate of drug-likeness (QED) is 0.633. The van der Waals surface area contributed by atoms with Crippen LogP contribution >= 0.6 is 22.9 Å². The minimum absolute atomic E-state index is 0.150. The lowest BCUT2D eigenvalue weighted by Crippen LogP contribution is -2.38. The molecule has 2 heterocycles. The van der Waals surface area contributed by atoms with E-state index >= 15 is 0 Å². The SMILES string of the molecule is COCc1nnc(NC(=O)CN2CCCC(O)(COc3cc(C)ccc3Cl)CC2)s1. The molecule has 0 radical (unpaired) electrons. The fourth-order valence-corrected chi connectivity index (χ4v) is 4.22. The zero-order valence-corrected chi connectivity index (χ0v) is 18.8. The second-order valence-electron chi connectivity index (χ2n) is 7.56. The summed E-state index contributed by atoms with van der Waals surface area (Å²) in [5.41, 5.74) is 0.0938. The van der Waals surface area contributed by atoms with Gasteiger partial charge in [-0.05, 0) is 50.4 Å². The number of carbonyl (C=O) groups is 1. The summed E-state index contributed by atoms with van der Waals surface area (Å²) in [6.07, 6.45) is 1.89. The van der Waals surface area contributed by atoms with E-state index in [2.05, 4.69) is 15.5 Å². The second kappa shape index (κ2) is 10.5. The molecule has 1 aliphatic heterocycles. The molecule has 1 atom stereocenters. The highest BCUT2D eigenvalue weighted by atomic mass is 35.5. The number of rotatable bonds is 8. The predicted octanol–water partition coefficient (Wildman–Crippen LogP) is 2.88. The molecule has 0 spiro atoms. The topological polar surface area (TPSA) is 96.8 Å². The van der Waals surface area contributed by atoms with Gasteiger partial charge in [0, 0.05) is 13.7 Å². The van der Waals surface area contributed by atoms with Gasteiger partial charge in [-0.2, -0.15) is 0 Å². The van der Waals surface area contributed by atoms with E-state index in [1.165, 1.54) is 11.3 Å². The van der Waals surface area contributed by atoms with Gasteiger partial charge in [-0.25, -0.2) is 0 Å². The number of anilines is 1. The van der Waals surface area contributed by atoms with Gasteiger partial charge in [0.25, 0.3) is 0 Å². The molecule has 30 heavy (non-hydrogen) atoms. The molecule has 3 rings (SSSR count). The van der Waals surface area contributed by atoms with Crippen molar-refractivity contribution in [2.75, 3.05) is 38.7 Å². The van der Waals surface area contributed by atoms with Crippen molar-refractivity contribution < 1.29 is 19.4 Å². The molecule has 1 fully saturated rings. The molecule has 164 valence electrons. The molecule has 1 aromatic carbocycles. The molecule has 0 bridgehead atoms. The molecule has 1 aliphatic rings.